The highest BCUT2D eigenvalue weighted by molar-refractivity contribution is 4.69. The number of rotatable bonds is 24. The fourth-order valence-electron chi connectivity index (χ4n) is 6.31. The summed E-state index contributed by atoms with van der Waals surface area (Å²) in [6.07, 6.45) is 22.4. The van der Waals surface area contributed by atoms with Crippen molar-refractivity contribution in [3.63, 3.8) is 0 Å². The van der Waals surface area contributed by atoms with Crippen molar-refractivity contribution in [2.24, 2.45) is 23.7 Å². The summed E-state index contributed by atoms with van der Waals surface area (Å²) >= 11 is 0. The number of hydrogen-bond acceptors (Lipinski definition) is 1. The summed E-state index contributed by atoms with van der Waals surface area (Å²) in [5.74, 6) is 3.67. The molecule has 0 aliphatic heterocycles. The molecular weight excluding hydrogens is 414 g/mol. The third-order valence-corrected chi connectivity index (χ3v) is 8.76. The molecule has 0 saturated carbocycles. The van der Waals surface area contributed by atoms with E-state index in [9.17, 15) is 0 Å². The standard InChI is InChI=1S/C32H68N.H2O/c1-9-17-21-29(13-5)25-33(26-30(14-6)22-18-10-2,27-31(15-7)23-19-11-3)28-32(16-8)24-20-12-4;/h29-32H,9-28H2,1-8H3;1H2/q+1;/p-1. The molecule has 0 aromatic carbocycles. The molecule has 1 N–H and O–H groups in total. The summed E-state index contributed by atoms with van der Waals surface area (Å²) in [6, 6.07) is 0. The summed E-state index contributed by atoms with van der Waals surface area (Å²) in [7, 11) is 0. The fourth-order valence-corrected chi connectivity index (χ4v) is 6.31. The van der Waals surface area contributed by atoms with Crippen molar-refractivity contribution < 1.29 is 9.96 Å². The summed E-state index contributed by atoms with van der Waals surface area (Å²) < 4.78 is 1.45. The fraction of sp³-hybridized carbons (Fsp3) is 1.00. The maximum atomic E-state index is 2.48. The second-order valence-electron chi connectivity index (χ2n) is 11.7. The van der Waals surface area contributed by atoms with Crippen LogP contribution in [0.25, 0.3) is 0 Å². The molecule has 208 valence electrons. The highest BCUT2D eigenvalue weighted by Crippen LogP contribution is 2.31. The van der Waals surface area contributed by atoms with E-state index in [0.29, 0.717) is 0 Å². The van der Waals surface area contributed by atoms with Gasteiger partial charge < -0.3 is 9.96 Å². The van der Waals surface area contributed by atoms with E-state index in [4.69, 9.17) is 0 Å². The summed E-state index contributed by atoms with van der Waals surface area (Å²) in [5, 5.41) is 0. The molecule has 2 nitrogen and oxygen atoms in total. The Bertz CT molecular complexity index is 332. The Balaban J connectivity index is 0. The van der Waals surface area contributed by atoms with Crippen LogP contribution in [-0.2, 0) is 0 Å². The van der Waals surface area contributed by atoms with Crippen LogP contribution in [-0.4, -0.2) is 36.1 Å². The SMILES string of the molecule is CCCCC(CC)C[N+](CC(CC)CCCC)(CC(CC)CCCC)CC(CC)CCCC.[OH-]. The minimum atomic E-state index is 0. The van der Waals surface area contributed by atoms with E-state index < -0.39 is 0 Å². The van der Waals surface area contributed by atoms with E-state index in [-0.39, 0.29) is 5.48 Å². The zero-order valence-corrected chi connectivity index (χ0v) is 25.3. The van der Waals surface area contributed by atoms with Crippen molar-refractivity contribution in [3.05, 3.63) is 0 Å². The van der Waals surface area contributed by atoms with Gasteiger partial charge in [-0.05, 0) is 51.4 Å². The molecule has 0 aromatic rings. The van der Waals surface area contributed by atoms with Crippen molar-refractivity contribution in [2.75, 3.05) is 26.2 Å². The van der Waals surface area contributed by atoms with Crippen LogP contribution in [0.4, 0.5) is 0 Å². The third-order valence-electron chi connectivity index (χ3n) is 8.76. The van der Waals surface area contributed by atoms with Crippen LogP contribution in [0.15, 0.2) is 0 Å². The predicted octanol–water partition coefficient (Wildman–Crippen LogP) is 10.5. The van der Waals surface area contributed by atoms with Crippen LogP contribution in [0.3, 0.4) is 0 Å². The van der Waals surface area contributed by atoms with E-state index in [1.165, 1.54) is 133 Å². The molecule has 0 fully saturated rings. The van der Waals surface area contributed by atoms with E-state index in [1.807, 2.05) is 0 Å². The summed E-state index contributed by atoms with van der Waals surface area (Å²) in [5.41, 5.74) is 0. The Morgan fingerprint density at radius 3 is 0.735 bits per heavy atom. The average molecular weight is 484 g/mol. The van der Waals surface area contributed by atoms with Gasteiger partial charge in [-0.2, -0.15) is 0 Å². The first-order valence-corrected chi connectivity index (χ1v) is 15.8. The normalized spacial score (nSPS) is 16.9. The zero-order valence-electron chi connectivity index (χ0n) is 25.3. The zero-order chi connectivity index (χ0) is 25.0. The van der Waals surface area contributed by atoms with Crippen molar-refractivity contribution in [1.29, 1.82) is 0 Å². The maximum Gasteiger partial charge on any atom is 0.0815 e. The number of nitrogens with zero attached hydrogens (tertiary/aromatic N) is 1. The van der Waals surface area contributed by atoms with Crippen LogP contribution >= 0.6 is 0 Å². The van der Waals surface area contributed by atoms with Gasteiger partial charge in [-0.25, -0.2) is 0 Å². The molecule has 0 bridgehead atoms. The van der Waals surface area contributed by atoms with Gasteiger partial charge in [-0.1, -0.05) is 107 Å². The maximum absolute atomic E-state index is 2.48. The average Bonchev–Trinajstić information content (AvgIpc) is 2.84. The lowest BCUT2D eigenvalue weighted by molar-refractivity contribution is -0.940. The Morgan fingerprint density at radius 1 is 0.382 bits per heavy atom. The number of unbranched alkanes of at least 4 members (excludes halogenated alkanes) is 4. The Labute approximate surface area is 218 Å². The van der Waals surface area contributed by atoms with Gasteiger partial charge in [0, 0.05) is 23.7 Å². The van der Waals surface area contributed by atoms with Gasteiger partial charge in [0.05, 0.1) is 26.2 Å². The molecule has 4 atom stereocenters. The summed E-state index contributed by atoms with van der Waals surface area (Å²) in [6.45, 7) is 25.3. The van der Waals surface area contributed by atoms with E-state index >= 15 is 0 Å². The Morgan fingerprint density at radius 2 is 0.588 bits per heavy atom. The van der Waals surface area contributed by atoms with Gasteiger partial charge in [0.1, 0.15) is 0 Å². The molecule has 0 heterocycles. The molecule has 0 radical (unpaired) electrons. The van der Waals surface area contributed by atoms with E-state index in [0.717, 1.165) is 23.7 Å². The molecule has 4 unspecified atom stereocenters. The van der Waals surface area contributed by atoms with Crippen molar-refractivity contribution in [3.8, 4) is 0 Å². The first-order valence-electron chi connectivity index (χ1n) is 15.8. The van der Waals surface area contributed by atoms with Crippen LogP contribution in [0.2, 0.25) is 0 Å². The molecule has 0 amide bonds. The van der Waals surface area contributed by atoms with Crippen molar-refractivity contribution >= 4 is 0 Å². The lowest BCUT2D eigenvalue weighted by Crippen LogP contribution is -2.57. The highest BCUT2D eigenvalue weighted by Gasteiger charge is 2.36. The quantitative estimate of drug-likeness (QED) is 0.125. The van der Waals surface area contributed by atoms with E-state index in [2.05, 4.69) is 55.4 Å². The minimum Gasteiger partial charge on any atom is -0.870 e. The largest absolute Gasteiger partial charge is 0.870 e. The second-order valence-corrected chi connectivity index (χ2v) is 11.7. The Kier molecular flexibility index (Phi) is 24.8. The van der Waals surface area contributed by atoms with Gasteiger partial charge >= 0.3 is 0 Å². The van der Waals surface area contributed by atoms with E-state index in [1.54, 1.807) is 0 Å². The van der Waals surface area contributed by atoms with Gasteiger partial charge in [-0.3, -0.25) is 0 Å². The molecule has 0 aromatic heterocycles. The van der Waals surface area contributed by atoms with Gasteiger partial charge in [-0.15, -0.1) is 0 Å². The van der Waals surface area contributed by atoms with Crippen LogP contribution in [0, 0.1) is 23.7 Å². The first kappa shape index (κ1) is 36.1. The minimum absolute atomic E-state index is 0. The first-order chi connectivity index (χ1) is 16.0. The van der Waals surface area contributed by atoms with Gasteiger partial charge in [0.2, 0.25) is 0 Å². The smallest absolute Gasteiger partial charge is 0.0815 e. The number of quaternary nitrogens is 1. The lowest BCUT2D eigenvalue weighted by Gasteiger charge is -2.47. The topological polar surface area (TPSA) is 30.0 Å². The van der Waals surface area contributed by atoms with Crippen LogP contribution < -0.4 is 0 Å². The highest BCUT2D eigenvalue weighted by atomic mass is 16.0. The van der Waals surface area contributed by atoms with Crippen LogP contribution in [0.5, 0.6) is 0 Å². The second kappa shape index (κ2) is 23.3. The number of hydrogen-bond donors (Lipinski definition) is 0. The molecule has 0 aliphatic rings. The monoisotopic (exact) mass is 484 g/mol. The third kappa shape index (κ3) is 15.8. The lowest BCUT2D eigenvalue weighted by atomic mass is 9.88. The predicted molar refractivity (Wildman–Crippen MR) is 155 cm³/mol. The molecule has 0 spiro atoms. The van der Waals surface area contributed by atoms with Gasteiger partial charge in [0.15, 0.2) is 0 Å². The molecule has 2 heteroatoms. The molecule has 0 saturated heterocycles. The molecular formula is C32H69NO. The van der Waals surface area contributed by atoms with Crippen molar-refractivity contribution in [1.82, 2.24) is 0 Å². The molecule has 34 heavy (non-hydrogen) atoms. The summed E-state index contributed by atoms with van der Waals surface area (Å²) in [4.78, 5) is 0. The van der Waals surface area contributed by atoms with Gasteiger partial charge in [0.25, 0.3) is 0 Å². The molecule has 0 rings (SSSR count). The van der Waals surface area contributed by atoms with Crippen molar-refractivity contribution in [2.45, 2.75) is 158 Å². The Hall–Kier alpha value is -0.0800. The molecule has 0 aliphatic carbocycles. The van der Waals surface area contributed by atoms with Crippen LogP contribution in [0.1, 0.15) is 158 Å².